The molecule has 1 aliphatic carbocycles. The molecule has 1 N–H and O–H groups in total. The molecule has 0 atom stereocenters. The van der Waals surface area contributed by atoms with Crippen LogP contribution in [0.25, 0.3) is 22.9 Å². The molecule has 9 heteroatoms. The van der Waals surface area contributed by atoms with Gasteiger partial charge in [0.25, 0.3) is 0 Å². The molecule has 2 aromatic heterocycles. The van der Waals surface area contributed by atoms with Crippen molar-refractivity contribution in [1.82, 2.24) is 19.9 Å². The maximum absolute atomic E-state index is 12.5. The number of imidazole rings is 1. The van der Waals surface area contributed by atoms with Gasteiger partial charge in [0.05, 0.1) is 11.4 Å². The number of allylic oxidation sites excluding steroid dienone is 1. The third-order valence-corrected chi connectivity index (χ3v) is 7.49. The number of alkyl halides is 3. The fourth-order valence-electron chi connectivity index (χ4n) is 5.47. The molecule has 3 heterocycles. The quantitative estimate of drug-likeness (QED) is 0.291. The molecule has 0 amide bonds. The molecule has 0 bridgehead atoms. The van der Waals surface area contributed by atoms with Crippen molar-refractivity contribution in [2.75, 3.05) is 18.0 Å². The number of ether oxygens (including phenoxy) is 1. The molecule has 4 aromatic rings. The van der Waals surface area contributed by atoms with Gasteiger partial charge in [0, 0.05) is 47.8 Å². The Labute approximate surface area is 230 Å². The lowest BCUT2D eigenvalue weighted by Gasteiger charge is -2.32. The van der Waals surface area contributed by atoms with E-state index in [1.807, 2.05) is 19.1 Å². The van der Waals surface area contributed by atoms with E-state index in [0.29, 0.717) is 0 Å². The normalized spacial score (nSPS) is 15.5. The monoisotopic (exact) mass is 541 g/mol. The highest BCUT2D eigenvalue weighted by Crippen LogP contribution is 2.38. The van der Waals surface area contributed by atoms with Crippen molar-refractivity contribution in [3.63, 3.8) is 0 Å². The molecule has 2 aliphatic rings. The molecule has 1 aliphatic heterocycles. The van der Waals surface area contributed by atoms with Crippen LogP contribution in [0.2, 0.25) is 0 Å². The van der Waals surface area contributed by atoms with Gasteiger partial charge >= 0.3 is 6.36 Å². The predicted octanol–water partition coefficient (Wildman–Crippen LogP) is 6.54. The summed E-state index contributed by atoms with van der Waals surface area (Å²) in [6, 6.07) is 13.8. The smallest absolute Gasteiger partial charge is 0.406 e. The Morgan fingerprint density at radius 1 is 1.00 bits per heavy atom. The third kappa shape index (κ3) is 5.17. The van der Waals surface area contributed by atoms with Crippen LogP contribution in [0, 0.1) is 19.3 Å². The predicted molar refractivity (Wildman–Crippen MR) is 148 cm³/mol. The minimum Gasteiger partial charge on any atom is -0.406 e. The van der Waals surface area contributed by atoms with E-state index >= 15 is 0 Å². The van der Waals surface area contributed by atoms with Crippen molar-refractivity contribution >= 4 is 17.5 Å². The average molecular weight is 542 g/mol. The third-order valence-electron chi connectivity index (χ3n) is 7.49. The molecular formula is C31H26F3N5O. The van der Waals surface area contributed by atoms with Crippen LogP contribution < -0.4 is 9.64 Å². The summed E-state index contributed by atoms with van der Waals surface area (Å²) in [7, 11) is 0. The lowest BCUT2D eigenvalue weighted by molar-refractivity contribution is -0.274. The van der Waals surface area contributed by atoms with Gasteiger partial charge in [-0.2, -0.15) is 0 Å². The van der Waals surface area contributed by atoms with E-state index in [-0.39, 0.29) is 11.7 Å². The van der Waals surface area contributed by atoms with Gasteiger partial charge in [-0.25, -0.2) is 15.0 Å². The van der Waals surface area contributed by atoms with Crippen molar-refractivity contribution < 1.29 is 17.9 Å². The number of anilines is 1. The van der Waals surface area contributed by atoms with E-state index < -0.39 is 6.36 Å². The van der Waals surface area contributed by atoms with E-state index in [4.69, 9.17) is 11.4 Å². The SMILES string of the molecule is C#Cc1ccc(C2=Cc3c(ncnc3N3CCC(c4nc(-c5ccc(OC(F)(F)F)cc5)c(C)[nH]4)CC3)C2)cc1. The summed E-state index contributed by atoms with van der Waals surface area (Å²) in [5.74, 6) is 4.50. The molecule has 6 nitrogen and oxygen atoms in total. The van der Waals surface area contributed by atoms with Gasteiger partial charge in [-0.15, -0.1) is 19.6 Å². The van der Waals surface area contributed by atoms with Gasteiger partial charge in [-0.1, -0.05) is 18.1 Å². The lowest BCUT2D eigenvalue weighted by Crippen LogP contribution is -2.34. The fraction of sp³-hybridized carbons (Fsp3) is 0.258. The maximum atomic E-state index is 12.5. The number of piperidine rings is 1. The number of rotatable bonds is 5. The molecule has 0 spiro atoms. The second-order valence-electron chi connectivity index (χ2n) is 10.1. The zero-order valence-corrected chi connectivity index (χ0v) is 21.8. The Morgan fingerprint density at radius 3 is 2.38 bits per heavy atom. The van der Waals surface area contributed by atoms with Gasteiger partial charge < -0.3 is 14.6 Å². The fourth-order valence-corrected chi connectivity index (χ4v) is 5.47. The molecule has 1 saturated heterocycles. The van der Waals surface area contributed by atoms with Gasteiger partial charge in [0.2, 0.25) is 0 Å². The number of aromatic nitrogens is 4. The van der Waals surface area contributed by atoms with E-state index in [1.165, 1.54) is 17.7 Å². The summed E-state index contributed by atoms with van der Waals surface area (Å²) in [5, 5.41) is 0. The highest BCUT2D eigenvalue weighted by atomic mass is 19.4. The Bertz CT molecular complexity index is 1610. The topological polar surface area (TPSA) is 66.9 Å². The second-order valence-corrected chi connectivity index (χ2v) is 10.1. The Balaban J connectivity index is 1.15. The number of H-pyrrole nitrogens is 1. The van der Waals surface area contributed by atoms with Gasteiger partial charge in [-0.05, 0) is 73.4 Å². The van der Waals surface area contributed by atoms with Crippen LogP contribution in [0.5, 0.6) is 5.75 Å². The molecule has 40 heavy (non-hydrogen) atoms. The van der Waals surface area contributed by atoms with Crippen LogP contribution in [0.1, 0.15) is 52.7 Å². The number of aromatic amines is 1. The first kappa shape index (κ1) is 25.7. The molecule has 6 rings (SSSR count). The van der Waals surface area contributed by atoms with Crippen LogP contribution in [-0.4, -0.2) is 39.4 Å². The highest BCUT2D eigenvalue weighted by molar-refractivity contribution is 5.91. The molecular weight excluding hydrogens is 515 g/mol. The number of nitrogens with zero attached hydrogens (tertiary/aromatic N) is 4. The lowest BCUT2D eigenvalue weighted by atomic mass is 9.96. The number of hydrogen-bond donors (Lipinski definition) is 1. The molecule has 1 fully saturated rings. The second kappa shape index (κ2) is 10.2. The van der Waals surface area contributed by atoms with Gasteiger partial charge in [0.15, 0.2) is 0 Å². The largest absolute Gasteiger partial charge is 0.573 e. The number of hydrogen-bond acceptors (Lipinski definition) is 5. The van der Waals surface area contributed by atoms with Gasteiger partial charge in [-0.3, -0.25) is 0 Å². The number of halogens is 3. The van der Waals surface area contributed by atoms with Gasteiger partial charge in [0.1, 0.15) is 23.7 Å². The van der Waals surface area contributed by atoms with Crippen molar-refractivity contribution in [2.24, 2.45) is 0 Å². The number of terminal acetylenes is 1. The summed E-state index contributed by atoms with van der Waals surface area (Å²) < 4.78 is 41.5. The Hall–Kier alpha value is -4.58. The number of nitrogens with one attached hydrogen (secondary N) is 1. The minimum absolute atomic E-state index is 0.243. The summed E-state index contributed by atoms with van der Waals surface area (Å²) in [6.07, 6.45) is 7.17. The first-order valence-electron chi connectivity index (χ1n) is 13.1. The first-order chi connectivity index (χ1) is 19.3. The Morgan fingerprint density at radius 2 is 1.70 bits per heavy atom. The van der Waals surface area contributed by atoms with Crippen molar-refractivity contribution in [1.29, 1.82) is 0 Å². The number of fused-ring (bicyclic) bond motifs is 1. The van der Waals surface area contributed by atoms with Crippen molar-refractivity contribution in [2.45, 2.75) is 38.5 Å². The van der Waals surface area contributed by atoms with Crippen LogP contribution >= 0.6 is 0 Å². The number of benzene rings is 2. The van der Waals surface area contributed by atoms with Crippen molar-refractivity contribution in [3.8, 4) is 29.4 Å². The molecule has 0 saturated carbocycles. The average Bonchev–Trinajstić information content (AvgIpc) is 3.57. The van der Waals surface area contributed by atoms with Crippen LogP contribution in [-0.2, 0) is 6.42 Å². The summed E-state index contributed by atoms with van der Waals surface area (Å²) in [6.45, 7) is 3.58. The summed E-state index contributed by atoms with van der Waals surface area (Å²) in [4.78, 5) is 19.8. The molecule has 202 valence electrons. The van der Waals surface area contributed by atoms with Crippen LogP contribution in [0.15, 0.2) is 54.9 Å². The Kier molecular flexibility index (Phi) is 6.54. The zero-order valence-electron chi connectivity index (χ0n) is 21.8. The van der Waals surface area contributed by atoms with E-state index in [1.54, 1.807) is 18.5 Å². The molecule has 0 unspecified atom stereocenters. The molecule has 0 radical (unpaired) electrons. The molecule has 2 aromatic carbocycles. The van der Waals surface area contributed by atoms with Crippen molar-refractivity contribution in [3.05, 3.63) is 88.8 Å². The summed E-state index contributed by atoms with van der Waals surface area (Å²) >= 11 is 0. The zero-order chi connectivity index (χ0) is 27.9. The highest BCUT2D eigenvalue weighted by Gasteiger charge is 2.31. The van der Waals surface area contributed by atoms with Crippen LogP contribution in [0.4, 0.5) is 19.0 Å². The standard InChI is InChI=1S/C31H26F3N5O/c1-3-20-4-6-21(7-5-20)24-16-26-27(17-24)35-18-36-30(26)39-14-12-23(13-15-39)29-37-19(2)28(38-29)22-8-10-25(11-9-22)40-31(32,33)34/h1,4-11,16,18,23H,12-15,17H2,2H3,(H,37,38). The minimum atomic E-state index is -4.72. The summed E-state index contributed by atoms with van der Waals surface area (Å²) in [5.41, 5.74) is 7.64. The van der Waals surface area contributed by atoms with E-state index in [2.05, 4.69) is 48.7 Å². The maximum Gasteiger partial charge on any atom is 0.573 e. The number of aryl methyl sites for hydroxylation is 1. The van der Waals surface area contributed by atoms with E-state index in [0.717, 1.165) is 83.3 Å². The van der Waals surface area contributed by atoms with Crippen LogP contribution in [0.3, 0.4) is 0 Å². The first-order valence-corrected chi connectivity index (χ1v) is 13.1. The van der Waals surface area contributed by atoms with E-state index in [9.17, 15) is 13.2 Å².